The van der Waals surface area contributed by atoms with E-state index in [0.717, 1.165) is 5.56 Å². The van der Waals surface area contributed by atoms with Crippen molar-refractivity contribution < 1.29 is 14.6 Å². The van der Waals surface area contributed by atoms with Gasteiger partial charge in [-0.3, -0.25) is 0 Å². The minimum absolute atomic E-state index is 0.217. The molecule has 1 aromatic rings. The van der Waals surface area contributed by atoms with Gasteiger partial charge in [-0.1, -0.05) is 30.3 Å². The van der Waals surface area contributed by atoms with E-state index < -0.39 is 12.2 Å². The molecule has 0 radical (unpaired) electrons. The van der Waals surface area contributed by atoms with E-state index >= 15 is 0 Å². The monoisotopic (exact) mass is 193 g/mol. The molecule has 0 spiro atoms. The molecule has 1 unspecified atom stereocenters. The molecule has 1 aromatic carbocycles. The van der Waals surface area contributed by atoms with Gasteiger partial charge in [0.15, 0.2) is 0 Å². The zero-order valence-electron chi connectivity index (χ0n) is 7.51. The SMILES string of the molecule is O=C1N[C@H](C(O)c2ccccc2)CO1. The van der Waals surface area contributed by atoms with Crippen LogP contribution in [-0.2, 0) is 4.74 Å². The summed E-state index contributed by atoms with van der Waals surface area (Å²) < 4.78 is 4.70. The Hall–Kier alpha value is -1.55. The van der Waals surface area contributed by atoms with Crippen molar-refractivity contribution in [1.82, 2.24) is 5.32 Å². The molecule has 1 saturated heterocycles. The highest BCUT2D eigenvalue weighted by Crippen LogP contribution is 2.18. The molecule has 2 N–H and O–H groups in total. The van der Waals surface area contributed by atoms with Gasteiger partial charge in [-0.15, -0.1) is 0 Å². The molecule has 4 nitrogen and oxygen atoms in total. The second kappa shape index (κ2) is 3.67. The van der Waals surface area contributed by atoms with E-state index in [-0.39, 0.29) is 12.6 Å². The predicted octanol–water partition coefficient (Wildman–Crippen LogP) is 0.828. The number of hydrogen-bond donors (Lipinski definition) is 2. The Kier molecular flexibility index (Phi) is 2.37. The van der Waals surface area contributed by atoms with E-state index in [9.17, 15) is 9.90 Å². The molecule has 1 amide bonds. The van der Waals surface area contributed by atoms with E-state index in [1.54, 1.807) is 0 Å². The number of benzene rings is 1. The minimum atomic E-state index is -0.706. The summed E-state index contributed by atoms with van der Waals surface area (Å²) >= 11 is 0. The molecule has 1 fully saturated rings. The zero-order chi connectivity index (χ0) is 9.97. The van der Waals surface area contributed by atoms with Crippen LogP contribution in [0, 0.1) is 0 Å². The highest BCUT2D eigenvalue weighted by molar-refractivity contribution is 5.69. The molecule has 2 atom stereocenters. The van der Waals surface area contributed by atoms with Crippen molar-refractivity contribution in [3.8, 4) is 0 Å². The second-order valence-corrected chi connectivity index (χ2v) is 3.20. The van der Waals surface area contributed by atoms with Gasteiger partial charge in [-0.05, 0) is 5.56 Å². The first-order valence-electron chi connectivity index (χ1n) is 4.43. The molecular weight excluding hydrogens is 182 g/mol. The van der Waals surface area contributed by atoms with Crippen LogP contribution in [-0.4, -0.2) is 23.8 Å². The normalized spacial score (nSPS) is 22.6. The van der Waals surface area contributed by atoms with Crippen LogP contribution in [0.5, 0.6) is 0 Å². The predicted molar refractivity (Wildman–Crippen MR) is 49.7 cm³/mol. The van der Waals surface area contributed by atoms with E-state index in [0.29, 0.717) is 0 Å². The fourth-order valence-corrected chi connectivity index (χ4v) is 1.45. The summed E-state index contributed by atoms with van der Waals surface area (Å²) in [5.41, 5.74) is 0.781. The molecule has 0 saturated carbocycles. The van der Waals surface area contributed by atoms with E-state index in [4.69, 9.17) is 4.74 Å². The number of aliphatic hydroxyl groups is 1. The molecule has 1 heterocycles. The third-order valence-corrected chi connectivity index (χ3v) is 2.22. The Bertz CT molecular complexity index is 325. The van der Waals surface area contributed by atoms with Gasteiger partial charge in [-0.25, -0.2) is 4.79 Å². The van der Waals surface area contributed by atoms with Gasteiger partial charge in [0.1, 0.15) is 12.7 Å². The highest BCUT2D eigenvalue weighted by Gasteiger charge is 2.29. The lowest BCUT2D eigenvalue weighted by molar-refractivity contribution is 0.125. The van der Waals surface area contributed by atoms with Crippen LogP contribution in [0.25, 0.3) is 0 Å². The van der Waals surface area contributed by atoms with E-state index in [1.165, 1.54) is 0 Å². The fourth-order valence-electron chi connectivity index (χ4n) is 1.45. The van der Waals surface area contributed by atoms with Crippen molar-refractivity contribution in [1.29, 1.82) is 0 Å². The molecule has 0 aliphatic carbocycles. The number of aliphatic hydroxyl groups excluding tert-OH is 1. The molecule has 0 bridgehead atoms. The van der Waals surface area contributed by atoms with Crippen LogP contribution in [0.2, 0.25) is 0 Å². The zero-order valence-corrected chi connectivity index (χ0v) is 7.51. The number of ether oxygens (including phenoxy) is 1. The number of nitrogens with one attached hydrogen (secondary N) is 1. The number of amides is 1. The van der Waals surface area contributed by atoms with Gasteiger partial charge in [0.2, 0.25) is 0 Å². The Morgan fingerprint density at radius 3 is 2.71 bits per heavy atom. The molecule has 0 aromatic heterocycles. The Balaban J connectivity index is 2.09. The van der Waals surface area contributed by atoms with E-state index in [1.807, 2.05) is 30.3 Å². The summed E-state index contributed by atoms with van der Waals surface area (Å²) in [6.07, 6.45) is -1.17. The maximum Gasteiger partial charge on any atom is 0.407 e. The lowest BCUT2D eigenvalue weighted by Gasteiger charge is -2.15. The first-order chi connectivity index (χ1) is 6.77. The van der Waals surface area contributed by atoms with Crippen LogP contribution in [0.3, 0.4) is 0 Å². The van der Waals surface area contributed by atoms with Crippen LogP contribution >= 0.6 is 0 Å². The summed E-state index contributed by atoms with van der Waals surface area (Å²) in [6.45, 7) is 0.217. The summed E-state index contributed by atoms with van der Waals surface area (Å²) in [7, 11) is 0. The number of alkyl carbamates (subject to hydrolysis) is 1. The van der Waals surface area contributed by atoms with Crippen molar-refractivity contribution >= 4 is 6.09 Å². The van der Waals surface area contributed by atoms with Crippen molar-refractivity contribution in [2.24, 2.45) is 0 Å². The molecule has 2 rings (SSSR count). The minimum Gasteiger partial charge on any atom is -0.447 e. The van der Waals surface area contributed by atoms with Crippen molar-refractivity contribution in [3.63, 3.8) is 0 Å². The molecule has 4 heteroatoms. The van der Waals surface area contributed by atoms with Crippen LogP contribution in [0.1, 0.15) is 11.7 Å². The number of carbonyl (C=O) groups is 1. The lowest BCUT2D eigenvalue weighted by atomic mass is 10.0. The van der Waals surface area contributed by atoms with E-state index in [2.05, 4.69) is 5.32 Å². The van der Waals surface area contributed by atoms with Gasteiger partial charge in [-0.2, -0.15) is 0 Å². The average molecular weight is 193 g/mol. The topological polar surface area (TPSA) is 58.6 Å². The lowest BCUT2D eigenvalue weighted by Crippen LogP contribution is -2.32. The van der Waals surface area contributed by atoms with Gasteiger partial charge in [0.25, 0.3) is 0 Å². The van der Waals surface area contributed by atoms with Gasteiger partial charge < -0.3 is 15.2 Å². The van der Waals surface area contributed by atoms with Crippen LogP contribution in [0.4, 0.5) is 4.79 Å². The average Bonchev–Trinajstić information content (AvgIpc) is 2.65. The van der Waals surface area contributed by atoms with Gasteiger partial charge >= 0.3 is 6.09 Å². The summed E-state index contributed by atoms with van der Waals surface area (Å²) in [5, 5.41) is 12.4. The maximum atomic E-state index is 10.7. The maximum absolute atomic E-state index is 10.7. The number of hydrogen-bond acceptors (Lipinski definition) is 3. The number of carbonyl (C=O) groups excluding carboxylic acids is 1. The molecule has 14 heavy (non-hydrogen) atoms. The fraction of sp³-hybridized carbons (Fsp3) is 0.300. The number of rotatable bonds is 2. The smallest absolute Gasteiger partial charge is 0.407 e. The standard InChI is InChI=1S/C10H11NO3/c12-9(7-4-2-1-3-5-7)8-6-14-10(13)11-8/h1-5,8-9,12H,6H2,(H,11,13)/t8-,9?/m0/s1. The first kappa shape index (κ1) is 9.02. The third-order valence-electron chi connectivity index (χ3n) is 2.22. The highest BCUT2D eigenvalue weighted by atomic mass is 16.6. The van der Waals surface area contributed by atoms with Crippen molar-refractivity contribution in [2.75, 3.05) is 6.61 Å². The van der Waals surface area contributed by atoms with Gasteiger partial charge in [0, 0.05) is 0 Å². The summed E-state index contributed by atoms with van der Waals surface area (Å²) in [6, 6.07) is 8.85. The first-order valence-corrected chi connectivity index (χ1v) is 4.43. The largest absolute Gasteiger partial charge is 0.447 e. The Morgan fingerprint density at radius 2 is 2.14 bits per heavy atom. The third kappa shape index (κ3) is 1.70. The number of cyclic esters (lactones) is 1. The molecule has 1 aliphatic heterocycles. The molecule has 1 aliphatic rings. The summed E-state index contributed by atoms with van der Waals surface area (Å²) in [4.78, 5) is 10.7. The molecular formula is C10H11NO3. The quantitative estimate of drug-likeness (QED) is 0.731. The second-order valence-electron chi connectivity index (χ2n) is 3.20. The summed E-state index contributed by atoms with van der Waals surface area (Å²) in [5.74, 6) is 0. The van der Waals surface area contributed by atoms with Gasteiger partial charge in [0.05, 0.1) is 6.04 Å². The Labute approximate surface area is 81.5 Å². The molecule has 74 valence electrons. The Morgan fingerprint density at radius 1 is 1.43 bits per heavy atom. The van der Waals surface area contributed by atoms with Crippen molar-refractivity contribution in [2.45, 2.75) is 12.1 Å². The van der Waals surface area contributed by atoms with Crippen molar-refractivity contribution in [3.05, 3.63) is 35.9 Å². The van der Waals surface area contributed by atoms with Crippen LogP contribution < -0.4 is 5.32 Å². The van der Waals surface area contributed by atoms with Crippen LogP contribution in [0.15, 0.2) is 30.3 Å².